The number of hydrogen-bond acceptors (Lipinski definition) is 3. The summed E-state index contributed by atoms with van der Waals surface area (Å²) in [5.41, 5.74) is -0.0711. The van der Waals surface area contributed by atoms with Gasteiger partial charge in [-0.1, -0.05) is 11.6 Å². The summed E-state index contributed by atoms with van der Waals surface area (Å²) in [6.07, 6.45) is 0.826. The number of hydrogen-bond donors (Lipinski definition) is 1. The molecule has 0 spiro atoms. The maximum Gasteiger partial charge on any atom is 0.247 e. The molecule has 0 aliphatic carbocycles. The van der Waals surface area contributed by atoms with Crippen molar-refractivity contribution in [3.05, 3.63) is 58.9 Å². The maximum absolute atomic E-state index is 13.5. The minimum absolute atomic E-state index is 0.145. The highest BCUT2D eigenvalue weighted by Crippen LogP contribution is 2.24. The van der Waals surface area contributed by atoms with E-state index >= 15 is 0 Å². The van der Waals surface area contributed by atoms with E-state index in [0.717, 1.165) is 30.5 Å². The molecular formula is C16H14ClF3N2O3S. The van der Waals surface area contributed by atoms with Crippen LogP contribution < -0.4 is 9.62 Å². The van der Waals surface area contributed by atoms with Crippen molar-refractivity contribution >= 4 is 38.9 Å². The van der Waals surface area contributed by atoms with Gasteiger partial charge in [0.1, 0.15) is 11.9 Å². The van der Waals surface area contributed by atoms with Crippen molar-refractivity contribution in [1.82, 2.24) is 0 Å². The Morgan fingerprint density at radius 2 is 1.69 bits per heavy atom. The summed E-state index contributed by atoms with van der Waals surface area (Å²) in [7, 11) is -4.00. The van der Waals surface area contributed by atoms with E-state index in [1.807, 2.05) is 0 Å². The van der Waals surface area contributed by atoms with Gasteiger partial charge in [-0.15, -0.1) is 0 Å². The molecule has 0 aliphatic rings. The number of amides is 1. The first kappa shape index (κ1) is 20.1. The van der Waals surface area contributed by atoms with Crippen LogP contribution in [0.4, 0.5) is 24.5 Å². The highest BCUT2D eigenvalue weighted by atomic mass is 35.5. The normalized spacial score (nSPS) is 12.5. The van der Waals surface area contributed by atoms with E-state index in [0.29, 0.717) is 10.4 Å². The topological polar surface area (TPSA) is 66.5 Å². The molecule has 1 N–H and O–H groups in total. The molecule has 2 rings (SSSR count). The first-order valence-corrected chi connectivity index (χ1v) is 9.43. The fourth-order valence-corrected chi connectivity index (χ4v) is 3.60. The lowest BCUT2D eigenvalue weighted by Gasteiger charge is -2.28. The molecule has 0 aromatic heterocycles. The van der Waals surface area contributed by atoms with Crippen LogP contribution in [-0.2, 0) is 14.8 Å². The second kappa shape index (κ2) is 7.55. The number of nitrogens with one attached hydrogen (secondary N) is 1. The van der Waals surface area contributed by atoms with Crippen molar-refractivity contribution < 1.29 is 26.4 Å². The van der Waals surface area contributed by atoms with Gasteiger partial charge in [0.25, 0.3) is 0 Å². The molecule has 0 aliphatic heterocycles. The zero-order valence-corrected chi connectivity index (χ0v) is 15.2. The molecule has 0 heterocycles. The van der Waals surface area contributed by atoms with Crippen LogP contribution in [0.15, 0.2) is 36.4 Å². The lowest BCUT2D eigenvalue weighted by molar-refractivity contribution is -0.116. The standard InChI is InChI=1S/C16H14ClF3N2O3S/c1-9(16(23)21-10-3-5-13(18)12(17)7-10)22(26(2,24)25)11-4-6-14(19)15(20)8-11/h3-9H,1-2H3,(H,21,23)/t9-/m0/s1. The lowest BCUT2D eigenvalue weighted by atomic mass is 10.2. The summed E-state index contributed by atoms with van der Waals surface area (Å²) in [6, 6.07) is 4.60. The van der Waals surface area contributed by atoms with Gasteiger partial charge in [0.15, 0.2) is 11.6 Å². The zero-order valence-electron chi connectivity index (χ0n) is 13.6. The molecule has 0 bridgehead atoms. The van der Waals surface area contributed by atoms with E-state index in [1.54, 1.807) is 0 Å². The zero-order chi connectivity index (χ0) is 19.6. The van der Waals surface area contributed by atoms with Crippen molar-refractivity contribution in [3.8, 4) is 0 Å². The van der Waals surface area contributed by atoms with Gasteiger partial charge in [-0.25, -0.2) is 21.6 Å². The van der Waals surface area contributed by atoms with Crippen LogP contribution in [0.3, 0.4) is 0 Å². The lowest BCUT2D eigenvalue weighted by Crippen LogP contribution is -2.45. The molecule has 0 saturated carbocycles. The summed E-state index contributed by atoms with van der Waals surface area (Å²) in [5.74, 6) is -3.87. The fraction of sp³-hybridized carbons (Fsp3) is 0.188. The quantitative estimate of drug-likeness (QED) is 0.825. The summed E-state index contributed by atoms with van der Waals surface area (Å²) in [6.45, 7) is 1.27. The average molecular weight is 407 g/mol. The third-order valence-corrected chi connectivity index (χ3v) is 4.96. The van der Waals surface area contributed by atoms with Gasteiger partial charge >= 0.3 is 0 Å². The third-order valence-electron chi connectivity index (χ3n) is 3.43. The van der Waals surface area contributed by atoms with E-state index in [-0.39, 0.29) is 16.4 Å². The van der Waals surface area contributed by atoms with Crippen molar-refractivity contribution in [2.45, 2.75) is 13.0 Å². The molecule has 1 atom stereocenters. The monoisotopic (exact) mass is 406 g/mol. The van der Waals surface area contributed by atoms with Crippen LogP contribution in [0.5, 0.6) is 0 Å². The number of rotatable bonds is 5. The SMILES string of the molecule is C[C@@H](C(=O)Nc1ccc(F)c(Cl)c1)N(c1ccc(F)c(F)c1)S(C)(=O)=O. The smallest absolute Gasteiger partial charge is 0.247 e. The first-order valence-electron chi connectivity index (χ1n) is 7.21. The molecule has 2 aromatic carbocycles. The molecule has 26 heavy (non-hydrogen) atoms. The summed E-state index contributed by atoms with van der Waals surface area (Å²) in [4.78, 5) is 12.4. The average Bonchev–Trinajstić information content (AvgIpc) is 2.53. The summed E-state index contributed by atoms with van der Waals surface area (Å²) >= 11 is 5.63. The molecule has 2 aromatic rings. The highest BCUT2D eigenvalue weighted by Gasteiger charge is 2.30. The Hall–Kier alpha value is -2.26. The van der Waals surface area contributed by atoms with E-state index in [4.69, 9.17) is 11.6 Å². The summed E-state index contributed by atoms with van der Waals surface area (Å²) in [5, 5.41) is 2.17. The number of anilines is 2. The molecule has 5 nitrogen and oxygen atoms in total. The van der Waals surface area contributed by atoms with Gasteiger partial charge in [0, 0.05) is 11.8 Å². The Labute approximate surface area is 153 Å². The summed E-state index contributed by atoms with van der Waals surface area (Å²) < 4.78 is 64.6. The van der Waals surface area contributed by atoms with Crippen LogP contribution in [0, 0.1) is 17.5 Å². The molecule has 140 valence electrons. The van der Waals surface area contributed by atoms with E-state index < -0.39 is 39.4 Å². The van der Waals surface area contributed by atoms with Crippen LogP contribution in [0.2, 0.25) is 5.02 Å². The van der Waals surface area contributed by atoms with Crippen molar-refractivity contribution in [1.29, 1.82) is 0 Å². The van der Waals surface area contributed by atoms with E-state index in [1.165, 1.54) is 13.0 Å². The molecule has 0 radical (unpaired) electrons. The molecule has 0 unspecified atom stereocenters. The Bertz CT molecular complexity index is 954. The molecule has 0 saturated heterocycles. The highest BCUT2D eigenvalue weighted by molar-refractivity contribution is 7.92. The number of nitrogens with zero attached hydrogens (tertiary/aromatic N) is 1. The molecule has 10 heteroatoms. The molecule has 0 fully saturated rings. The van der Waals surface area contributed by atoms with E-state index in [9.17, 15) is 26.4 Å². The van der Waals surface area contributed by atoms with Crippen LogP contribution in [-0.4, -0.2) is 26.6 Å². The predicted octanol–water partition coefficient (Wildman–Crippen LogP) is 3.55. The number of carbonyl (C=O) groups excluding carboxylic acids is 1. The second-order valence-corrected chi connectivity index (χ2v) is 7.72. The van der Waals surface area contributed by atoms with Crippen molar-refractivity contribution in [2.24, 2.45) is 0 Å². The van der Waals surface area contributed by atoms with Crippen LogP contribution >= 0.6 is 11.6 Å². The molecular weight excluding hydrogens is 393 g/mol. The van der Waals surface area contributed by atoms with Crippen molar-refractivity contribution in [3.63, 3.8) is 0 Å². The number of benzene rings is 2. The Kier molecular flexibility index (Phi) is 5.82. The fourth-order valence-electron chi connectivity index (χ4n) is 2.25. The number of sulfonamides is 1. The van der Waals surface area contributed by atoms with Gasteiger partial charge in [-0.05, 0) is 37.3 Å². The Morgan fingerprint density at radius 3 is 2.23 bits per heavy atom. The second-order valence-electron chi connectivity index (χ2n) is 5.45. The minimum Gasteiger partial charge on any atom is -0.324 e. The van der Waals surface area contributed by atoms with Gasteiger partial charge in [0.05, 0.1) is 17.0 Å². The van der Waals surface area contributed by atoms with Gasteiger partial charge in [0.2, 0.25) is 15.9 Å². The maximum atomic E-state index is 13.5. The van der Waals surface area contributed by atoms with Crippen molar-refractivity contribution in [2.75, 3.05) is 15.9 Å². The van der Waals surface area contributed by atoms with Crippen LogP contribution in [0.25, 0.3) is 0 Å². The number of halogens is 4. The Morgan fingerprint density at radius 1 is 1.08 bits per heavy atom. The number of carbonyl (C=O) groups is 1. The van der Waals surface area contributed by atoms with Gasteiger partial charge in [-0.3, -0.25) is 9.10 Å². The first-order chi connectivity index (χ1) is 12.0. The van der Waals surface area contributed by atoms with E-state index in [2.05, 4.69) is 5.32 Å². The van der Waals surface area contributed by atoms with Gasteiger partial charge in [-0.2, -0.15) is 0 Å². The third kappa shape index (κ3) is 4.47. The predicted molar refractivity (Wildman–Crippen MR) is 93.2 cm³/mol. The largest absolute Gasteiger partial charge is 0.324 e. The Balaban J connectivity index is 2.34. The van der Waals surface area contributed by atoms with Crippen LogP contribution in [0.1, 0.15) is 6.92 Å². The minimum atomic E-state index is -4.00. The molecule has 1 amide bonds. The van der Waals surface area contributed by atoms with Gasteiger partial charge < -0.3 is 5.32 Å².